The SMILES string of the molecule is CCc1ccc(-c2ccc(C(=O)N[C@@H](C)C(=O)Nc3ccc4c(c3)c(=O)c(C(=O)O)cn4Cc3ccc(C)c(Cl)c3)cc2)cc1. The van der Waals surface area contributed by atoms with E-state index in [1.165, 1.54) is 17.8 Å². The standard InChI is InChI=1S/C36H32ClN3O5/c1-4-23-7-9-25(10-8-23)26-11-13-27(14-12-26)35(43)38-22(3)34(42)39-28-15-16-32-29(18-28)33(41)30(36(44)45)20-40(32)19-24-6-5-21(2)31(37)17-24/h5-18,20,22H,4,19H2,1-3H3,(H,38,43)(H,39,42)(H,44,45)/t22-/m0/s1. The Hall–Kier alpha value is -5.21. The lowest BCUT2D eigenvalue weighted by atomic mass is 10.0. The van der Waals surface area contributed by atoms with Gasteiger partial charge < -0.3 is 20.3 Å². The Balaban J connectivity index is 1.31. The Bertz CT molecular complexity index is 1980. The number of nitrogens with one attached hydrogen (secondary N) is 2. The van der Waals surface area contributed by atoms with Crippen LogP contribution in [-0.4, -0.2) is 33.5 Å². The number of carboxylic acids is 1. The van der Waals surface area contributed by atoms with Crippen LogP contribution < -0.4 is 16.1 Å². The van der Waals surface area contributed by atoms with E-state index in [9.17, 15) is 24.3 Å². The summed E-state index contributed by atoms with van der Waals surface area (Å²) < 4.78 is 1.67. The Morgan fingerprint density at radius 2 is 1.53 bits per heavy atom. The molecule has 0 saturated carbocycles. The quantitative estimate of drug-likeness (QED) is 0.169. The number of amides is 2. The summed E-state index contributed by atoms with van der Waals surface area (Å²) in [5.41, 5.74) is 5.13. The van der Waals surface area contributed by atoms with Gasteiger partial charge in [-0.3, -0.25) is 14.4 Å². The minimum Gasteiger partial charge on any atom is -0.477 e. The monoisotopic (exact) mass is 621 g/mol. The molecule has 1 atom stereocenters. The zero-order chi connectivity index (χ0) is 32.2. The number of aryl methyl sites for hydroxylation is 2. The van der Waals surface area contributed by atoms with Crippen LogP contribution in [0.5, 0.6) is 0 Å². The number of aromatic carboxylic acids is 1. The van der Waals surface area contributed by atoms with Gasteiger partial charge in [-0.15, -0.1) is 0 Å². The molecule has 1 heterocycles. The van der Waals surface area contributed by atoms with Crippen LogP contribution in [0.4, 0.5) is 5.69 Å². The van der Waals surface area contributed by atoms with Crippen LogP contribution in [0.1, 0.15) is 51.3 Å². The zero-order valence-corrected chi connectivity index (χ0v) is 25.8. The Labute approximate surface area is 265 Å². The molecular formula is C36H32ClN3O5. The number of halogens is 1. The fourth-order valence-electron chi connectivity index (χ4n) is 5.03. The highest BCUT2D eigenvalue weighted by atomic mass is 35.5. The number of benzene rings is 4. The summed E-state index contributed by atoms with van der Waals surface area (Å²) in [6.45, 7) is 5.82. The fraction of sp³-hybridized carbons (Fsp3) is 0.167. The number of pyridine rings is 1. The molecule has 4 aromatic carbocycles. The van der Waals surface area contributed by atoms with Crippen molar-refractivity contribution < 1.29 is 19.5 Å². The molecule has 0 unspecified atom stereocenters. The molecule has 9 heteroatoms. The number of carbonyl (C=O) groups excluding carboxylic acids is 2. The maximum absolute atomic E-state index is 13.1. The predicted octanol–water partition coefficient (Wildman–Crippen LogP) is 6.70. The van der Waals surface area contributed by atoms with Gasteiger partial charge in [-0.05, 0) is 84.5 Å². The van der Waals surface area contributed by atoms with Crippen LogP contribution in [-0.2, 0) is 17.8 Å². The number of anilines is 1. The molecule has 5 rings (SSSR count). The number of fused-ring (bicyclic) bond motifs is 1. The number of hydrogen-bond acceptors (Lipinski definition) is 4. The second-order valence-electron chi connectivity index (χ2n) is 10.9. The van der Waals surface area contributed by atoms with Crippen LogP contribution in [0.15, 0.2) is 95.9 Å². The van der Waals surface area contributed by atoms with Crippen LogP contribution in [0, 0.1) is 6.92 Å². The number of nitrogens with zero attached hydrogens (tertiary/aromatic N) is 1. The highest BCUT2D eigenvalue weighted by Gasteiger charge is 2.19. The average molecular weight is 622 g/mol. The van der Waals surface area contributed by atoms with Crippen molar-refractivity contribution in [3.63, 3.8) is 0 Å². The van der Waals surface area contributed by atoms with Crippen LogP contribution in [0.25, 0.3) is 22.0 Å². The normalized spacial score (nSPS) is 11.6. The Kier molecular flexibility index (Phi) is 9.16. The lowest BCUT2D eigenvalue weighted by molar-refractivity contribution is -0.117. The summed E-state index contributed by atoms with van der Waals surface area (Å²) in [6.07, 6.45) is 2.27. The van der Waals surface area contributed by atoms with Crippen molar-refractivity contribution in [1.82, 2.24) is 9.88 Å². The molecule has 0 radical (unpaired) electrons. The third-order valence-corrected chi connectivity index (χ3v) is 8.16. The van der Waals surface area contributed by atoms with Gasteiger partial charge in [0.2, 0.25) is 11.3 Å². The number of rotatable bonds is 9. The van der Waals surface area contributed by atoms with E-state index in [-0.39, 0.29) is 17.6 Å². The molecule has 1 aromatic heterocycles. The van der Waals surface area contributed by atoms with Crippen molar-refractivity contribution in [2.75, 3.05) is 5.32 Å². The van der Waals surface area contributed by atoms with Gasteiger partial charge >= 0.3 is 5.97 Å². The van der Waals surface area contributed by atoms with Crippen molar-refractivity contribution in [2.24, 2.45) is 0 Å². The van der Waals surface area contributed by atoms with E-state index in [1.807, 2.05) is 43.3 Å². The predicted molar refractivity (Wildman–Crippen MR) is 177 cm³/mol. The van der Waals surface area contributed by atoms with E-state index < -0.39 is 34.8 Å². The highest BCUT2D eigenvalue weighted by molar-refractivity contribution is 6.31. The zero-order valence-electron chi connectivity index (χ0n) is 25.1. The van der Waals surface area contributed by atoms with Gasteiger partial charge in [0.25, 0.3) is 5.91 Å². The lowest BCUT2D eigenvalue weighted by Gasteiger charge is -2.16. The van der Waals surface area contributed by atoms with Gasteiger partial charge in [0.05, 0.1) is 5.52 Å². The topological polar surface area (TPSA) is 118 Å². The van der Waals surface area contributed by atoms with E-state index in [2.05, 4.69) is 29.7 Å². The third kappa shape index (κ3) is 6.97. The Morgan fingerprint density at radius 3 is 2.16 bits per heavy atom. The second-order valence-corrected chi connectivity index (χ2v) is 11.3. The molecule has 3 N–H and O–H groups in total. The molecule has 0 aliphatic heterocycles. The average Bonchev–Trinajstić information content (AvgIpc) is 3.04. The maximum atomic E-state index is 13.1. The van der Waals surface area contributed by atoms with Gasteiger partial charge in [0, 0.05) is 34.4 Å². The number of carbonyl (C=O) groups is 3. The van der Waals surface area contributed by atoms with Gasteiger partial charge in [0.1, 0.15) is 11.6 Å². The van der Waals surface area contributed by atoms with Gasteiger partial charge in [-0.1, -0.05) is 67.1 Å². The summed E-state index contributed by atoms with van der Waals surface area (Å²) in [5, 5.41) is 15.8. The maximum Gasteiger partial charge on any atom is 0.341 e. The molecule has 0 spiro atoms. The van der Waals surface area contributed by atoms with Crippen molar-refractivity contribution in [1.29, 1.82) is 0 Å². The summed E-state index contributed by atoms with van der Waals surface area (Å²) in [7, 11) is 0. The fourth-order valence-corrected chi connectivity index (χ4v) is 5.24. The third-order valence-electron chi connectivity index (χ3n) is 7.75. The van der Waals surface area contributed by atoms with Crippen LogP contribution >= 0.6 is 11.6 Å². The first-order chi connectivity index (χ1) is 21.5. The molecule has 0 bridgehead atoms. The first kappa shape index (κ1) is 31.2. The van der Waals surface area contributed by atoms with Crippen molar-refractivity contribution in [3.05, 3.63) is 134 Å². The van der Waals surface area contributed by atoms with E-state index in [1.54, 1.807) is 41.8 Å². The molecule has 8 nitrogen and oxygen atoms in total. The molecule has 228 valence electrons. The molecule has 0 fully saturated rings. The van der Waals surface area contributed by atoms with Gasteiger partial charge in [0.15, 0.2) is 0 Å². The number of hydrogen-bond donors (Lipinski definition) is 3. The second kappa shape index (κ2) is 13.2. The summed E-state index contributed by atoms with van der Waals surface area (Å²) in [6, 6.07) is 24.8. The van der Waals surface area contributed by atoms with E-state index in [0.717, 1.165) is 28.7 Å². The van der Waals surface area contributed by atoms with Crippen LogP contribution in [0.3, 0.4) is 0 Å². The Morgan fingerprint density at radius 1 is 0.889 bits per heavy atom. The molecule has 2 amide bonds. The first-order valence-corrected chi connectivity index (χ1v) is 14.9. The van der Waals surface area contributed by atoms with E-state index >= 15 is 0 Å². The summed E-state index contributed by atoms with van der Waals surface area (Å²) in [4.78, 5) is 50.9. The first-order valence-electron chi connectivity index (χ1n) is 14.5. The van der Waals surface area contributed by atoms with Crippen molar-refractivity contribution in [3.8, 4) is 11.1 Å². The number of carboxylic acid groups (broad SMARTS) is 1. The largest absolute Gasteiger partial charge is 0.477 e. The van der Waals surface area contributed by atoms with Crippen LogP contribution in [0.2, 0.25) is 5.02 Å². The minimum absolute atomic E-state index is 0.132. The molecular weight excluding hydrogens is 590 g/mol. The molecule has 0 aliphatic rings. The van der Waals surface area contributed by atoms with Crippen molar-refractivity contribution in [2.45, 2.75) is 39.8 Å². The van der Waals surface area contributed by atoms with Gasteiger partial charge in [-0.2, -0.15) is 0 Å². The summed E-state index contributed by atoms with van der Waals surface area (Å²) >= 11 is 6.28. The molecule has 5 aromatic rings. The molecule has 0 saturated heterocycles. The van der Waals surface area contributed by atoms with E-state index in [4.69, 9.17) is 11.6 Å². The smallest absolute Gasteiger partial charge is 0.341 e. The van der Waals surface area contributed by atoms with Gasteiger partial charge in [-0.25, -0.2) is 4.79 Å². The van der Waals surface area contributed by atoms with E-state index in [0.29, 0.717) is 16.1 Å². The lowest BCUT2D eigenvalue weighted by Crippen LogP contribution is -2.41. The highest BCUT2D eigenvalue weighted by Crippen LogP contribution is 2.23. The summed E-state index contributed by atoms with van der Waals surface area (Å²) in [5.74, 6) is -2.26. The minimum atomic E-state index is -1.36. The molecule has 45 heavy (non-hydrogen) atoms. The number of aromatic nitrogens is 1. The van der Waals surface area contributed by atoms with Crippen molar-refractivity contribution >= 4 is 46.0 Å². The molecule has 0 aliphatic carbocycles.